The minimum Gasteiger partial charge on any atom is -0.394 e. The Hall–Kier alpha value is -2.07. The first-order valence-electron chi connectivity index (χ1n) is 17.4. The molecule has 1 aromatic carbocycles. The van der Waals surface area contributed by atoms with Crippen molar-refractivity contribution in [3.8, 4) is 0 Å². The second-order valence-corrected chi connectivity index (χ2v) is 14.1. The maximum absolute atomic E-state index is 13.6. The largest absolute Gasteiger partial charge is 0.394 e. The molecule has 0 saturated heterocycles. The smallest absolute Gasteiger partial charge is 0.356 e. The molecule has 0 spiro atoms. The van der Waals surface area contributed by atoms with Gasteiger partial charge in [-0.05, 0) is 18.9 Å². The number of unbranched alkanes of at least 4 members (excludes halogenated alkanes) is 13. The summed E-state index contributed by atoms with van der Waals surface area (Å²) >= 11 is 0. The number of aromatic nitrogens is 2. The van der Waals surface area contributed by atoms with Gasteiger partial charge in [0.2, 0.25) is 0 Å². The number of hydrogen-bond donors (Lipinski definition) is 2. The van der Waals surface area contributed by atoms with Gasteiger partial charge >= 0.3 is 13.3 Å². The normalized spacial score (nSPS) is 14.2. The molecule has 11 heteroatoms. The lowest BCUT2D eigenvalue weighted by Crippen LogP contribution is -2.34. The van der Waals surface area contributed by atoms with Crippen LogP contribution in [0.5, 0.6) is 0 Å². The Morgan fingerprint density at radius 3 is 2.00 bits per heavy atom. The van der Waals surface area contributed by atoms with Gasteiger partial charge in [0, 0.05) is 12.3 Å². The van der Waals surface area contributed by atoms with Crippen LogP contribution in [0.3, 0.4) is 0 Å². The number of H-pyrrole nitrogens is 1. The number of rotatable bonds is 29. The highest BCUT2D eigenvalue weighted by atomic mass is 31.2. The van der Waals surface area contributed by atoms with Gasteiger partial charge in [-0.15, -0.1) is 0 Å². The number of nitrogens with one attached hydrogen (secondary N) is 1. The first kappa shape index (κ1) is 40.1. The summed E-state index contributed by atoms with van der Waals surface area (Å²) in [5.74, 6) is 0. The van der Waals surface area contributed by atoms with Crippen LogP contribution in [0, 0.1) is 0 Å². The van der Waals surface area contributed by atoms with Gasteiger partial charge in [-0.3, -0.25) is 18.9 Å². The lowest BCUT2D eigenvalue weighted by atomic mass is 10.0. The quantitative estimate of drug-likeness (QED) is 0.0672. The first-order chi connectivity index (χ1) is 22.3. The van der Waals surface area contributed by atoms with Crippen molar-refractivity contribution in [3.63, 3.8) is 0 Å². The topological polar surface area (TPSA) is 129 Å². The maximum atomic E-state index is 13.6. The molecule has 0 aliphatic rings. The monoisotopic (exact) mass is 666 g/mol. The minimum atomic E-state index is -3.75. The van der Waals surface area contributed by atoms with E-state index in [0.29, 0.717) is 0 Å². The molecule has 1 aromatic heterocycles. The molecule has 0 aliphatic carbocycles. The standard InChI is InChI=1S/C35H59N2O8P/c1-3-4-5-6-7-8-9-10-11-12-13-14-15-17-20-31(2)42-25-26-44-46(41,45-29-32-21-18-16-19-22-32)30-43-33(28-38)27-37-24-23-34(39)36-35(37)40/h16,18-19,21-24,31,33,38H,3-15,17,20,25-30H2,1-2H3,(H,36,39,40). The molecule has 10 nitrogen and oxygen atoms in total. The Morgan fingerprint density at radius 2 is 1.41 bits per heavy atom. The van der Waals surface area contributed by atoms with Gasteiger partial charge in [-0.1, -0.05) is 127 Å². The SMILES string of the molecule is CCCCCCCCCCCCCCCCC(C)OCCOP(=O)(COC(CO)Cn1ccc(=O)[nH]c1=O)OCc1ccccc1. The van der Waals surface area contributed by atoms with E-state index in [-0.39, 0.29) is 32.5 Å². The van der Waals surface area contributed by atoms with Crippen molar-refractivity contribution >= 4 is 7.60 Å². The lowest BCUT2D eigenvalue weighted by molar-refractivity contribution is 0.00661. The van der Waals surface area contributed by atoms with Crippen LogP contribution in [0.25, 0.3) is 0 Å². The van der Waals surface area contributed by atoms with Crippen molar-refractivity contribution in [1.29, 1.82) is 0 Å². The zero-order valence-corrected chi connectivity index (χ0v) is 29.1. The Bertz CT molecular complexity index is 1190. The van der Waals surface area contributed by atoms with Gasteiger partial charge in [0.05, 0.1) is 45.2 Å². The molecule has 2 aromatic rings. The molecule has 0 bridgehead atoms. The van der Waals surface area contributed by atoms with E-state index in [0.717, 1.165) is 18.4 Å². The second kappa shape index (κ2) is 25.0. The van der Waals surface area contributed by atoms with E-state index < -0.39 is 37.9 Å². The molecule has 0 radical (unpaired) electrons. The summed E-state index contributed by atoms with van der Waals surface area (Å²) in [6.45, 7) is 4.19. The summed E-state index contributed by atoms with van der Waals surface area (Å²) in [6.07, 6.45) is 19.7. The van der Waals surface area contributed by atoms with Crippen LogP contribution in [0.1, 0.15) is 116 Å². The summed E-state index contributed by atoms with van der Waals surface area (Å²) in [6, 6.07) is 10.5. The minimum absolute atomic E-state index is 0.0509. The van der Waals surface area contributed by atoms with E-state index in [9.17, 15) is 19.3 Å². The number of aliphatic hydroxyl groups is 1. The third kappa shape index (κ3) is 18.9. The zero-order chi connectivity index (χ0) is 33.3. The van der Waals surface area contributed by atoms with Crippen molar-refractivity contribution in [2.75, 3.05) is 26.2 Å². The molecule has 1 heterocycles. The van der Waals surface area contributed by atoms with Crippen LogP contribution in [0.4, 0.5) is 0 Å². The highest BCUT2D eigenvalue weighted by Crippen LogP contribution is 2.49. The fourth-order valence-corrected chi connectivity index (χ4v) is 6.48. The highest BCUT2D eigenvalue weighted by Gasteiger charge is 2.27. The molecule has 0 amide bonds. The molecule has 262 valence electrons. The van der Waals surface area contributed by atoms with Gasteiger partial charge in [-0.25, -0.2) is 4.79 Å². The van der Waals surface area contributed by atoms with Crippen molar-refractivity contribution in [2.24, 2.45) is 0 Å². The summed E-state index contributed by atoms with van der Waals surface area (Å²) in [5, 5.41) is 9.81. The molecule has 0 saturated carbocycles. The summed E-state index contributed by atoms with van der Waals surface area (Å²) < 4.78 is 37.8. The third-order valence-corrected chi connectivity index (χ3v) is 9.54. The Morgan fingerprint density at radius 1 is 0.804 bits per heavy atom. The van der Waals surface area contributed by atoms with Crippen molar-refractivity contribution in [1.82, 2.24) is 9.55 Å². The Labute approximate surface area is 275 Å². The summed E-state index contributed by atoms with van der Waals surface area (Å²) in [4.78, 5) is 25.5. The molecule has 2 rings (SSSR count). The van der Waals surface area contributed by atoms with Crippen LogP contribution in [-0.2, 0) is 36.2 Å². The summed E-state index contributed by atoms with van der Waals surface area (Å²) in [7, 11) is -3.75. The molecular formula is C35H59N2O8P. The van der Waals surface area contributed by atoms with Gasteiger partial charge in [-0.2, -0.15) is 0 Å². The Balaban J connectivity index is 1.65. The molecular weight excluding hydrogens is 607 g/mol. The second-order valence-electron chi connectivity index (χ2n) is 12.1. The molecule has 3 atom stereocenters. The van der Waals surface area contributed by atoms with E-state index in [2.05, 4.69) is 11.9 Å². The number of ether oxygens (including phenoxy) is 2. The van der Waals surface area contributed by atoms with Crippen LogP contribution >= 0.6 is 7.60 Å². The Kier molecular flexibility index (Phi) is 21.8. The van der Waals surface area contributed by atoms with Crippen molar-refractivity contribution in [2.45, 2.75) is 136 Å². The van der Waals surface area contributed by atoms with Crippen LogP contribution < -0.4 is 11.2 Å². The molecule has 2 N–H and O–H groups in total. The van der Waals surface area contributed by atoms with Crippen LogP contribution in [0.2, 0.25) is 0 Å². The van der Waals surface area contributed by atoms with E-state index >= 15 is 0 Å². The third-order valence-electron chi connectivity index (χ3n) is 7.98. The molecule has 46 heavy (non-hydrogen) atoms. The van der Waals surface area contributed by atoms with Gasteiger partial charge < -0.3 is 23.6 Å². The predicted octanol–water partition coefficient (Wildman–Crippen LogP) is 7.57. The van der Waals surface area contributed by atoms with Gasteiger partial charge in [0.1, 0.15) is 6.35 Å². The molecule has 3 unspecified atom stereocenters. The number of benzene rings is 1. The first-order valence-corrected chi connectivity index (χ1v) is 19.1. The van der Waals surface area contributed by atoms with Crippen LogP contribution in [-0.4, -0.2) is 53.0 Å². The number of hydrogen-bond acceptors (Lipinski definition) is 8. The fraction of sp³-hybridized carbons (Fsp3) is 0.714. The average molecular weight is 667 g/mol. The predicted molar refractivity (Wildman–Crippen MR) is 183 cm³/mol. The average Bonchev–Trinajstić information content (AvgIpc) is 3.06. The van der Waals surface area contributed by atoms with E-state index in [1.807, 2.05) is 37.3 Å². The summed E-state index contributed by atoms with van der Waals surface area (Å²) in [5.41, 5.74) is -0.330. The number of aliphatic hydroxyl groups excluding tert-OH is 1. The molecule has 0 aliphatic heterocycles. The maximum Gasteiger partial charge on any atom is 0.356 e. The van der Waals surface area contributed by atoms with Gasteiger partial charge in [0.25, 0.3) is 5.56 Å². The zero-order valence-electron chi connectivity index (χ0n) is 28.2. The van der Waals surface area contributed by atoms with Gasteiger partial charge in [0.15, 0.2) is 0 Å². The van der Waals surface area contributed by atoms with Crippen LogP contribution in [0.15, 0.2) is 52.2 Å². The van der Waals surface area contributed by atoms with E-state index in [1.165, 1.54) is 100 Å². The van der Waals surface area contributed by atoms with E-state index in [4.69, 9.17) is 18.5 Å². The van der Waals surface area contributed by atoms with E-state index in [1.54, 1.807) is 0 Å². The van der Waals surface area contributed by atoms with Crippen molar-refractivity contribution in [3.05, 3.63) is 69.0 Å². The van der Waals surface area contributed by atoms with Crippen molar-refractivity contribution < 1.29 is 28.2 Å². The number of aromatic amines is 1. The number of nitrogens with zero attached hydrogens (tertiary/aromatic N) is 1. The fourth-order valence-electron chi connectivity index (χ4n) is 5.16. The molecule has 0 fully saturated rings. The lowest BCUT2D eigenvalue weighted by Gasteiger charge is -2.22. The highest BCUT2D eigenvalue weighted by molar-refractivity contribution is 7.53.